The molecule has 0 heterocycles. The Kier molecular flexibility index (Phi) is 5.65. The van der Waals surface area contributed by atoms with E-state index in [1.165, 1.54) is 5.56 Å². The smallest absolute Gasteiger partial charge is 0.318 e. The summed E-state index contributed by atoms with van der Waals surface area (Å²) in [4.78, 5) is 11.5. The van der Waals surface area contributed by atoms with Crippen LogP contribution in [0.5, 0.6) is 5.75 Å². The number of carbonyl (C=O) groups is 1. The minimum absolute atomic E-state index is 0.241. The van der Waals surface area contributed by atoms with Gasteiger partial charge in [-0.2, -0.15) is 0 Å². The first kappa shape index (κ1) is 16.6. The fourth-order valence-corrected chi connectivity index (χ4v) is 2.58. The number of halogens is 1. The molecule has 0 spiro atoms. The summed E-state index contributed by atoms with van der Waals surface area (Å²) in [7, 11) is 1.59. The van der Waals surface area contributed by atoms with Gasteiger partial charge in [0.15, 0.2) is 0 Å². The van der Waals surface area contributed by atoms with Crippen LogP contribution in [0, 0.1) is 17.4 Å². The number of aryl methyl sites for hydroxylation is 2. The van der Waals surface area contributed by atoms with Crippen molar-refractivity contribution in [3.05, 3.63) is 56.7 Å². The van der Waals surface area contributed by atoms with Crippen LogP contribution in [0.15, 0.2) is 36.4 Å². The van der Waals surface area contributed by atoms with Crippen LogP contribution in [0.4, 0.5) is 10.5 Å². The maximum atomic E-state index is 11.5. The average molecular weight is 410 g/mol. The molecule has 0 aliphatic heterocycles. The van der Waals surface area contributed by atoms with E-state index in [9.17, 15) is 4.79 Å². The van der Waals surface area contributed by atoms with Crippen molar-refractivity contribution in [2.45, 2.75) is 20.5 Å². The van der Waals surface area contributed by atoms with Crippen LogP contribution in [0.25, 0.3) is 0 Å². The Labute approximate surface area is 144 Å². The molecule has 0 radical (unpaired) electrons. The van der Waals surface area contributed by atoms with Crippen LogP contribution < -0.4 is 15.4 Å². The van der Waals surface area contributed by atoms with Gasteiger partial charge in [-0.15, -0.1) is 0 Å². The van der Waals surface area contributed by atoms with Crippen molar-refractivity contribution >= 4 is 34.3 Å². The Morgan fingerprint density at radius 3 is 2.64 bits per heavy atom. The van der Waals surface area contributed by atoms with E-state index in [1.807, 2.05) is 37.3 Å². The number of anilines is 1. The van der Waals surface area contributed by atoms with Crippen molar-refractivity contribution in [3.8, 4) is 5.75 Å². The zero-order chi connectivity index (χ0) is 16.1. The SMILES string of the molecule is CNC(=O)Nc1cc(I)ccc1COc1ccc(C)cc1C. The minimum atomic E-state index is -0.241. The predicted molar refractivity (Wildman–Crippen MR) is 97.5 cm³/mol. The molecular formula is C17H19IN2O2. The molecule has 116 valence electrons. The second-order valence-electron chi connectivity index (χ2n) is 5.06. The first-order valence-corrected chi connectivity index (χ1v) is 8.04. The Bertz CT molecular complexity index is 686. The summed E-state index contributed by atoms with van der Waals surface area (Å²) < 4.78 is 6.95. The van der Waals surface area contributed by atoms with E-state index in [-0.39, 0.29) is 6.03 Å². The van der Waals surface area contributed by atoms with Crippen molar-refractivity contribution in [2.75, 3.05) is 12.4 Å². The summed E-state index contributed by atoms with van der Waals surface area (Å²) in [6.45, 7) is 4.49. The van der Waals surface area contributed by atoms with Crippen LogP contribution >= 0.6 is 22.6 Å². The number of urea groups is 1. The normalized spacial score (nSPS) is 10.2. The predicted octanol–water partition coefficient (Wildman–Crippen LogP) is 4.24. The lowest BCUT2D eigenvalue weighted by Gasteiger charge is -2.14. The molecule has 2 N–H and O–H groups in total. The third-order valence-electron chi connectivity index (χ3n) is 3.26. The van der Waals surface area contributed by atoms with Gasteiger partial charge in [0.2, 0.25) is 0 Å². The van der Waals surface area contributed by atoms with Crippen molar-refractivity contribution in [2.24, 2.45) is 0 Å². The fraction of sp³-hybridized carbons (Fsp3) is 0.235. The topological polar surface area (TPSA) is 50.4 Å². The lowest BCUT2D eigenvalue weighted by molar-refractivity contribution is 0.254. The van der Waals surface area contributed by atoms with Crippen LogP contribution in [0.3, 0.4) is 0 Å². The van der Waals surface area contributed by atoms with Crippen LogP contribution in [0.2, 0.25) is 0 Å². The standard InChI is InChI=1S/C17H19IN2O2/c1-11-4-7-16(12(2)8-11)22-10-13-5-6-14(18)9-15(13)20-17(21)19-3/h4-9H,10H2,1-3H3,(H2,19,20,21). The average Bonchev–Trinajstić information content (AvgIpc) is 2.48. The highest BCUT2D eigenvalue weighted by atomic mass is 127. The van der Waals surface area contributed by atoms with Crippen molar-refractivity contribution in [3.63, 3.8) is 0 Å². The zero-order valence-electron chi connectivity index (χ0n) is 12.9. The quantitative estimate of drug-likeness (QED) is 0.741. The number of amides is 2. The molecule has 0 bridgehead atoms. The van der Waals surface area contributed by atoms with E-state index in [0.717, 1.165) is 26.1 Å². The molecule has 5 heteroatoms. The Morgan fingerprint density at radius 2 is 1.95 bits per heavy atom. The van der Waals surface area contributed by atoms with Crippen molar-refractivity contribution in [1.82, 2.24) is 5.32 Å². The van der Waals surface area contributed by atoms with Gasteiger partial charge < -0.3 is 15.4 Å². The fourth-order valence-electron chi connectivity index (χ4n) is 2.09. The van der Waals surface area contributed by atoms with Crippen molar-refractivity contribution < 1.29 is 9.53 Å². The molecule has 0 saturated carbocycles. The van der Waals surface area contributed by atoms with Gasteiger partial charge in [0.05, 0.1) is 5.69 Å². The molecule has 0 saturated heterocycles. The van der Waals surface area contributed by atoms with E-state index in [2.05, 4.69) is 46.2 Å². The van der Waals surface area contributed by atoms with Gasteiger partial charge in [-0.3, -0.25) is 0 Å². The third-order valence-corrected chi connectivity index (χ3v) is 3.93. The highest BCUT2D eigenvalue weighted by Gasteiger charge is 2.08. The number of hydrogen-bond acceptors (Lipinski definition) is 2. The van der Waals surface area contributed by atoms with Gasteiger partial charge in [0.1, 0.15) is 12.4 Å². The lowest BCUT2D eigenvalue weighted by atomic mass is 10.1. The Balaban J connectivity index is 2.16. The van der Waals surface area contributed by atoms with Gasteiger partial charge in [-0.25, -0.2) is 4.79 Å². The van der Waals surface area contributed by atoms with E-state index < -0.39 is 0 Å². The Hall–Kier alpha value is -1.76. The molecule has 0 aliphatic carbocycles. The van der Waals surface area contributed by atoms with E-state index in [4.69, 9.17) is 4.74 Å². The summed E-state index contributed by atoms with van der Waals surface area (Å²) in [5.74, 6) is 0.857. The van der Waals surface area contributed by atoms with Gasteiger partial charge in [0, 0.05) is 16.2 Å². The monoisotopic (exact) mass is 410 g/mol. The second kappa shape index (κ2) is 7.49. The Morgan fingerprint density at radius 1 is 1.18 bits per heavy atom. The number of ether oxygens (including phenoxy) is 1. The van der Waals surface area contributed by atoms with Crippen LogP contribution in [-0.4, -0.2) is 13.1 Å². The molecule has 0 atom stereocenters. The summed E-state index contributed by atoms with van der Waals surface area (Å²) >= 11 is 2.22. The number of hydrogen-bond donors (Lipinski definition) is 2. The van der Waals surface area contributed by atoms with Gasteiger partial charge in [-0.1, -0.05) is 23.8 Å². The summed E-state index contributed by atoms with van der Waals surface area (Å²) in [6.07, 6.45) is 0. The van der Waals surface area contributed by atoms with E-state index >= 15 is 0 Å². The maximum Gasteiger partial charge on any atom is 0.318 e. The first-order chi connectivity index (χ1) is 10.5. The summed E-state index contributed by atoms with van der Waals surface area (Å²) in [6, 6.07) is 11.7. The van der Waals surface area contributed by atoms with Crippen LogP contribution in [-0.2, 0) is 6.61 Å². The molecule has 0 unspecified atom stereocenters. The number of benzene rings is 2. The maximum absolute atomic E-state index is 11.5. The summed E-state index contributed by atoms with van der Waals surface area (Å²) in [5, 5.41) is 5.38. The largest absolute Gasteiger partial charge is 0.489 e. The van der Waals surface area contributed by atoms with Gasteiger partial charge in [-0.05, 0) is 60.2 Å². The van der Waals surface area contributed by atoms with E-state index in [1.54, 1.807) is 7.05 Å². The molecule has 2 amide bonds. The van der Waals surface area contributed by atoms with Gasteiger partial charge >= 0.3 is 6.03 Å². The van der Waals surface area contributed by atoms with E-state index in [0.29, 0.717) is 6.61 Å². The minimum Gasteiger partial charge on any atom is -0.489 e. The van der Waals surface area contributed by atoms with Crippen molar-refractivity contribution in [1.29, 1.82) is 0 Å². The molecule has 22 heavy (non-hydrogen) atoms. The third kappa shape index (κ3) is 4.37. The zero-order valence-corrected chi connectivity index (χ0v) is 15.0. The molecule has 0 aromatic heterocycles. The number of nitrogens with one attached hydrogen (secondary N) is 2. The molecule has 0 fully saturated rings. The first-order valence-electron chi connectivity index (χ1n) is 6.97. The highest BCUT2D eigenvalue weighted by Crippen LogP contribution is 2.24. The number of carbonyl (C=O) groups excluding carboxylic acids is 1. The molecule has 4 nitrogen and oxygen atoms in total. The lowest BCUT2D eigenvalue weighted by Crippen LogP contribution is -2.25. The van der Waals surface area contributed by atoms with Gasteiger partial charge in [0.25, 0.3) is 0 Å². The molecule has 2 aromatic carbocycles. The molecule has 2 aromatic rings. The number of rotatable bonds is 4. The summed E-state index contributed by atoms with van der Waals surface area (Å²) in [5.41, 5.74) is 4.01. The molecular weight excluding hydrogens is 391 g/mol. The second-order valence-corrected chi connectivity index (χ2v) is 6.31. The molecule has 2 rings (SSSR count). The van der Waals surface area contributed by atoms with Crippen LogP contribution in [0.1, 0.15) is 16.7 Å². The molecule has 0 aliphatic rings. The highest BCUT2D eigenvalue weighted by molar-refractivity contribution is 14.1.